The average molecular weight is 221 g/mol. The third kappa shape index (κ3) is 2.96. The first kappa shape index (κ1) is 12.5. The molecule has 0 aliphatic rings. The Bertz CT molecular complexity index is 380. The van der Waals surface area contributed by atoms with E-state index in [2.05, 4.69) is 6.07 Å². The number of rotatable bonds is 5. The lowest BCUT2D eigenvalue weighted by Gasteiger charge is -2.26. The summed E-state index contributed by atoms with van der Waals surface area (Å²) < 4.78 is 15.8. The van der Waals surface area contributed by atoms with E-state index in [1.54, 1.807) is 39.3 Å². The molecule has 0 radical (unpaired) electrons. The average Bonchev–Trinajstić information content (AvgIpc) is 2.36. The fourth-order valence-corrected chi connectivity index (χ4v) is 1.09. The second-order valence-electron chi connectivity index (χ2n) is 3.44. The van der Waals surface area contributed by atoms with Crippen molar-refractivity contribution in [3.8, 4) is 11.8 Å². The summed E-state index contributed by atoms with van der Waals surface area (Å²) in [6.45, 7) is 1.99. The van der Waals surface area contributed by atoms with E-state index in [9.17, 15) is 0 Å². The second kappa shape index (κ2) is 5.50. The zero-order valence-electron chi connectivity index (χ0n) is 9.69. The van der Waals surface area contributed by atoms with E-state index in [0.29, 0.717) is 11.3 Å². The molecule has 0 bridgehead atoms. The van der Waals surface area contributed by atoms with E-state index >= 15 is 0 Å². The number of ether oxygens (including phenoxy) is 3. The van der Waals surface area contributed by atoms with Crippen LogP contribution in [0.1, 0.15) is 12.5 Å². The number of nitrogens with zero attached hydrogens (tertiary/aromatic N) is 1. The summed E-state index contributed by atoms with van der Waals surface area (Å²) in [4.78, 5) is 0. The van der Waals surface area contributed by atoms with Gasteiger partial charge in [0.05, 0.1) is 5.56 Å². The molecule has 0 aromatic heterocycles. The lowest BCUT2D eigenvalue weighted by molar-refractivity contribution is -0.209. The third-order valence-electron chi connectivity index (χ3n) is 2.36. The zero-order chi connectivity index (χ0) is 12.0. The molecule has 1 aromatic rings. The van der Waals surface area contributed by atoms with Gasteiger partial charge < -0.3 is 14.2 Å². The van der Waals surface area contributed by atoms with Crippen molar-refractivity contribution >= 4 is 0 Å². The van der Waals surface area contributed by atoms with Gasteiger partial charge >= 0.3 is 0 Å². The Labute approximate surface area is 95.4 Å². The summed E-state index contributed by atoms with van der Waals surface area (Å²) in [5, 5.41) is 8.87. The number of para-hydroxylation sites is 1. The van der Waals surface area contributed by atoms with Crippen LogP contribution < -0.4 is 4.74 Å². The van der Waals surface area contributed by atoms with Crippen molar-refractivity contribution in [3.63, 3.8) is 0 Å². The van der Waals surface area contributed by atoms with Gasteiger partial charge in [0.15, 0.2) is 5.79 Å². The van der Waals surface area contributed by atoms with Crippen molar-refractivity contribution in [2.75, 3.05) is 20.8 Å². The maximum atomic E-state index is 8.87. The van der Waals surface area contributed by atoms with E-state index in [4.69, 9.17) is 19.5 Å². The molecule has 0 saturated heterocycles. The molecule has 0 saturated carbocycles. The maximum absolute atomic E-state index is 8.87. The summed E-state index contributed by atoms with van der Waals surface area (Å²) in [6, 6.07) is 9.10. The molecule has 0 N–H and O–H groups in total. The molecule has 16 heavy (non-hydrogen) atoms. The van der Waals surface area contributed by atoms with Crippen LogP contribution >= 0.6 is 0 Å². The van der Waals surface area contributed by atoms with Crippen LogP contribution in [0.15, 0.2) is 24.3 Å². The highest BCUT2D eigenvalue weighted by Crippen LogP contribution is 2.19. The number of nitriles is 1. The number of methoxy groups -OCH3 is 2. The van der Waals surface area contributed by atoms with Gasteiger partial charge in [-0.15, -0.1) is 0 Å². The summed E-state index contributed by atoms with van der Waals surface area (Å²) in [5.74, 6) is -0.270. The number of hydrogen-bond acceptors (Lipinski definition) is 4. The Kier molecular flexibility index (Phi) is 4.29. The molecular formula is C12H15NO3. The minimum absolute atomic E-state index is 0.221. The highest BCUT2D eigenvalue weighted by Gasteiger charge is 2.24. The van der Waals surface area contributed by atoms with E-state index in [0.717, 1.165) is 0 Å². The first-order valence-electron chi connectivity index (χ1n) is 4.87. The molecule has 86 valence electrons. The van der Waals surface area contributed by atoms with Gasteiger partial charge in [-0.1, -0.05) is 12.1 Å². The summed E-state index contributed by atoms with van der Waals surface area (Å²) >= 11 is 0. The van der Waals surface area contributed by atoms with Crippen molar-refractivity contribution < 1.29 is 14.2 Å². The largest absolute Gasteiger partial charge is 0.487 e. The first-order valence-corrected chi connectivity index (χ1v) is 4.87. The molecule has 0 atom stereocenters. The molecule has 0 aliphatic carbocycles. The van der Waals surface area contributed by atoms with Gasteiger partial charge in [0.1, 0.15) is 18.4 Å². The molecule has 0 amide bonds. The van der Waals surface area contributed by atoms with Gasteiger partial charge in [0.25, 0.3) is 0 Å². The van der Waals surface area contributed by atoms with Crippen molar-refractivity contribution in [3.05, 3.63) is 29.8 Å². The van der Waals surface area contributed by atoms with E-state index < -0.39 is 5.79 Å². The van der Waals surface area contributed by atoms with E-state index in [-0.39, 0.29) is 6.61 Å². The normalized spacial score (nSPS) is 10.9. The molecule has 4 nitrogen and oxygen atoms in total. The molecular weight excluding hydrogens is 206 g/mol. The molecule has 1 rings (SSSR count). The predicted octanol–water partition coefficient (Wildman–Crippen LogP) is 1.95. The third-order valence-corrected chi connectivity index (χ3v) is 2.36. The highest BCUT2D eigenvalue weighted by atomic mass is 16.7. The minimum atomic E-state index is -0.803. The Morgan fingerprint density at radius 1 is 1.25 bits per heavy atom. The van der Waals surface area contributed by atoms with Gasteiger partial charge in [0, 0.05) is 14.2 Å². The molecule has 0 unspecified atom stereocenters. The van der Waals surface area contributed by atoms with Gasteiger partial charge in [-0.25, -0.2) is 0 Å². The quantitative estimate of drug-likeness (QED) is 0.713. The van der Waals surface area contributed by atoms with Crippen LogP contribution in [0.3, 0.4) is 0 Å². The van der Waals surface area contributed by atoms with Crippen LogP contribution in [-0.2, 0) is 9.47 Å². The van der Waals surface area contributed by atoms with Crippen LogP contribution in [0, 0.1) is 11.3 Å². The Hall–Kier alpha value is -1.57. The molecule has 0 spiro atoms. The fourth-order valence-electron chi connectivity index (χ4n) is 1.09. The summed E-state index contributed by atoms with van der Waals surface area (Å²) in [7, 11) is 3.09. The molecule has 0 heterocycles. The zero-order valence-corrected chi connectivity index (χ0v) is 9.69. The Morgan fingerprint density at radius 2 is 1.88 bits per heavy atom. The van der Waals surface area contributed by atoms with Gasteiger partial charge in [-0.3, -0.25) is 0 Å². The van der Waals surface area contributed by atoms with Crippen LogP contribution in [0.5, 0.6) is 5.75 Å². The van der Waals surface area contributed by atoms with Crippen LogP contribution in [0.25, 0.3) is 0 Å². The predicted molar refractivity (Wildman–Crippen MR) is 59.1 cm³/mol. The van der Waals surface area contributed by atoms with Gasteiger partial charge in [-0.2, -0.15) is 5.26 Å². The van der Waals surface area contributed by atoms with Crippen molar-refractivity contribution in [1.29, 1.82) is 5.26 Å². The SMILES string of the molecule is COC(C)(COc1ccccc1C#N)OC. The highest BCUT2D eigenvalue weighted by molar-refractivity contribution is 5.42. The Balaban J connectivity index is 2.72. The van der Waals surface area contributed by atoms with Crippen LogP contribution in [0.2, 0.25) is 0 Å². The monoisotopic (exact) mass is 221 g/mol. The minimum Gasteiger partial charge on any atom is -0.487 e. The maximum Gasteiger partial charge on any atom is 0.199 e. The molecule has 0 aliphatic heterocycles. The number of benzene rings is 1. The van der Waals surface area contributed by atoms with Crippen LogP contribution in [-0.4, -0.2) is 26.6 Å². The summed E-state index contributed by atoms with van der Waals surface area (Å²) in [6.07, 6.45) is 0. The molecule has 1 aromatic carbocycles. The number of hydrogen-bond donors (Lipinski definition) is 0. The van der Waals surface area contributed by atoms with Crippen LogP contribution in [0.4, 0.5) is 0 Å². The lowest BCUT2D eigenvalue weighted by Crippen LogP contribution is -2.36. The van der Waals surface area contributed by atoms with Crippen molar-refractivity contribution in [1.82, 2.24) is 0 Å². The van der Waals surface area contributed by atoms with Gasteiger partial charge in [0.2, 0.25) is 0 Å². The molecule has 0 fully saturated rings. The molecule has 4 heteroatoms. The van der Waals surface area contributed by atoms with E-state index in [1.807, 2.05) is 6.07 Å². The topological polar surface area (TPSA) is 51.5 Å². The summed E-state index contributed by atoms with van der Waals surface area (Å²) in [5.41, 5.74) is 0.497. The standard InChI is InChI=1S/C12H15NO3/c1-12(14-2,15-3)9-16-11-7-5-4-6-10(11)8-13/h4-7H,9H2,1-3H3. The second-order valence-corrected chi connectivity index (χ2v) is 3.44. The van der Waals surface area contributed by atoms with Crippen molar-refractivity contribution in [2.45, 2.75) is 12.7 Å². The lowest BCUT2D eigenvalue weighted by atomic mass is 10.2. The fraction of sp³-hybridized carbons (Fsp3) is 0.417. The van der Waals surface area contributed by atoms with E-state index in [1.165, 1.54) is 0 Å². The first-order chi connectivity index (χ1) is 7.65. The Morgan fingerprint density at radius 3 is 2.44 bits per heavy atom. The van der Waals surface area contributed by atoms with Crippen molar-refractivity contribution in [2.24, 2.45) is 0 Å². The van der Waals surface area contributed by atoms with Gasteiger partial charge in [-0.05, 0) is 19.1 Å². The smallest absolute Gasteiger partial charge is 0.199 e.